The molecular formula is C16H22BrNNaO2+. The molecular weight excluding hydrogens is 341 g/mol. The number of carboxylic acid groups (broad SMARTS) is 1. The van der Waals surface area contributed by atoms with Crippen LogP contribution in [0.15, 0.2) is 28.7 Å². The number of quaternary nitrogens is 1. The van der Waals surface area contributed by atoms with Crippen molar-refractivity contribution in [2.24, 2.45) is 0 Å². The van der Waals surface area contributed by atoms with Gasteiger partial charge in [0.05, 0.1) is 19.6 Å². The third kappa shape index (κ3) is 6.03. The van der Waals surface area contributed by atoms with Crippen molar-refractivity contribution >= 4 is 21.9 Å². The predicted octanol–water partition coefficient (Wildman–Crippen LogP) is -0.516. The molecule has 0 N–H and O–H groups in total. The van der Waals surface area contributed by atoms with E-state index < -0.39 is 5.97 Å². The largest absolute Gasteiger partial charge is 1.00 e. The van der Waals surface area contributed by atoms with Crippen LogP contribution >= 0.6 is 15.9 Å². The SMILES string of the molecule is O=C([O-])CCC[N+]1(Cc2ccccc2Br)CCCCC1.[Na+]. The molecule has 0 bridgehead atoms. The van der Waals surface area contributed by atoms with Crippen LogP contribution in [0.1, 0.15) is 37.7 Å². The summed E-state index contributed by atoms with van der Waals surface area (Å²) in [7, 11) is 0. The average molecular weight is 363 g/mol. The molecule has 1 aromatic carbocycles. The summed E-state index contributed by atoms with van der Waals surface area (Å²) in [5, 5.41) is 10.6. The predicted molar refractivity (Wildman–Crippen MR) is 80.8 cm³/mol. The number of piperidine rings is 1. The molecule has 0 aliphatic carbocycles. The summed E-state index contributed by atoms with van der Waals surface area (Å²) in [6.45, 7) is 4.26. The molecule has 21 heavy (non-hydrogen) atoms. The summed E-state index contributed by atoms with van der Waals surface area (Å²) in [6, 6.07) is 8.35. The summed E-state index contributed by atoms with van der Waals surface area (Å²) < 4.78 is 2.18. The van der Waals surface area contributed by atoms with Gasteiger partial charge in [-0.05, 0) is 31.7 Å². The molecule has 0 saturated carbocycles. The number of carboxylic acids is 1. The Morgan fingerprint density at radius 3 is 2.48 bits per heavy atom. The minimum absolute atomic E-state index is 0. The number of rotatable bonds is 6. The van der Waals surface area contributed by atoms with Gasteiger partial charge in [0.1, 0.15) is 6.54 Å². The van der Waals surface area contributed by atoms with Gasteiger partial charge in [-0.2, -0.15) is 0 Å². The van der Waals surface area contributed by atoms with Gasteiger partial charge in [0.2, 0.25) is 0 Å². The summed E-state index contributed by atoms with van der Waals surface area (Å²) in [5.41, 5.74) is 1.32. The maximum Gasteiger partial charge on any atom is 1.00 e. The summed E-state index contributed by atoms with van der Waals surface area (Å²) in [6.07, 6.45) is 4.69. The molecule has 1 aliphatic rings. The van der Waals surface area contributed by atoms with E-state index in [1.54, 1.807) is 0 Å². The first kappa shape index (κ1) is 19.2. The fourth-order valence-electron chi connectivity index (χ4n) is 3.19. The molecule has 0 atom stereocenters. The van der Waals surface area contributed by atoms with E-state index >= 15 is 0 Å². The number of likely N-dealkylation sites (tertiary alicyclic amines) is 1. The Bertz CT molecular complexity index is 461. The van der Waals surface area contributed by atoms with Gasteiger partial charge >= 0.3 is 29.6 Å². The van der Waals surface area contributed by atoms with Crippen LogP contribution in [0.5, 0.6) is 0 Å². The third-order valence-electron chi connectivity index (χ3n) is 4.24. The number of carbonyl (C=O) groups is 1. The molecule has 110 valence electrons. The van der Waals surface area contributed by atoms with Crippen LogP contribution in [0.3, 0.4) is 0 Å². The van der Waals surface area contributed by atoms with E-state index in [1.165, 1.54) is 24.8 Å². The van der Waals surface area contributed by atoms with Crippen LogP contribution in [0.4, 0.5) is 0 Å². The molecule has 1 aliphatic heterocycles. The first-order valence-electron chi connectivity index (χ1n) is 7.40. The Balaban J connectivity index is 0.00000220. The van der Waals surface area contributed by atoms with Crippen molar-refractivity contribution in [1.29, 1.82) is 0 Å². The topological polar surface area (TPSA) is 40.1 Å². The summed E-state index contributed by atoms with van der Waals surface area (Å²) in [5.74, 6) is -0.930. The summed E-state index contributed by atoms with van der Waals surface area (Å²) >= 11 is 3.62. The second-order valence-corrected chi connectivity index (χ2v) is 6.65. The number of benzene rings is 1. The van der Waals surface area contributed by atoms with Crippen molar-refractivity contribution in [2.45, 2.75) is 38.6 Å². The molecule has 0 unspecified atom stereocenters. The van der Waals surface area contributed by atoms with Crippen LogP contribution in [0, 0.1) is 0 Å². The van der Waals surface area contributed by atoms with Crippen LogP contribution in [-0.2, 0) is 11.3 Å². The van der Waals surface area contributed by atoms with Gasteiger partial charge in [-0.3, -0.25) is 0 Å². The Morgan fingerprint density at radius 1 is 1.19 bits per heavy atom. The van der Waals surface area contributed by atoms with Gasteiger partial charge in [0, 0.05) is 22.4 Å². The molecule has 1 heterocycles. The molecule has 2 rings (SSSR count). The normalized spacial score (nSPS) is 17.0. The third-order valence-corrected chi connectivity index (χ3v) is 5.02. The van der Waals surface area contributed by atoms with Gasteiger partial charge in [-0.25, -0.2) is 0 Å². The summed E-state index contributed by atoms with van der Waals surface area (Å²) in [4.78, 5) is 10.6. The number of halogens is 1. The molecule has 0 amide bonds. The maximum atomic E-state index is 10.6. The van der Waals surface area contributed by atoms with Crippen LogP contribution in [-0.4, -0.2) is 30.1 Å². The zero-order chi connectivity index (χ0) is 14.4. The number of carbonyl (C=O) groups excluding carboxylic acids is 1. The molecule has 1 fully saturated rings. The van der Waals surface area contributed by atoms with Crippen LogP contribution in [0.25, 0.3) is 0 Å². The number of hydrogen-bond donors (Lipinski definition) is 0. The van der Waals surface area contributed by atoms with Gasteiger partial charge in [-0.1, -0.05) is 34.1 Å². The van der Waals surface area contributed by atoms with Gasteiger partial charge < -0.3 is 14.4 Å². The van der Waals surface area contributed by atoms with Gasteiger partial charge in [0.25, 0.3) is 0 Å². The Morgan fingerprint density at radius 2 is 1.86 bits per heavy atom. The Labute approximate surface area is 157 Å². The monoisotopic (exact) mass is 362 g/mol. The van der Waals surface area contributed by atoms with Crippen molar-refractivity contribution < 1.29 is 43.9 Å². The first-order valence-corrected chi connectivity index (χ1v) is 8.19. The van der Waals surface area contributed by atoms with E-state index in [0.29, 0.717) is 6.42 Å². The molecule has 1 saturated heterocycles. The van der Waals surface area contributed by atoms with E-state index in [-0.39, 0.29) is 36.0 Å². The molecule has 1 aromatic rings. The van der Waals surface area contributed by atoms with E-state index in [9.17, 15) is 9.90 Å². The Kier molecular flexibility index (Phi) is 8.50. The molecule has 5 heteroatoms. The molecule has 0 spiro atoms. The molecule has 0 aromatic heterocycles. The van der Waals surface area contributed by atoms with E-state index in [0.717, 1.165) is 35.1 Å². The minimum Gasteiger partial charge on any atom is -0.550 e. The van der Waals surface area contributed by atoms with E-state index in [4.69, 9.17) is 0 Å². The van der Waals surface area contributed by atoms with Crippen molar-refractivity contribution in [1.82, 2.24) is 0 Å². The smallest absolute Gasteiger partial charge is 0.550 e. The molecule has 0 radical (unpaired) electrons. The quantitative estimate of drug-likeness (QED) is 0.504. The van der Waals surface area contributed by atoms with Crippen molar-refractivity contribution in [3.8, 4) is 0 Å². The van der Waals surface area contributed by atoms with Crippen LogP contribution in [0.2, 0.25) is 0 Å². The fourth-order valence-corrected chi connectivity index (χ4v) is 3.60. The molecule has 3 nitrogen and oxygen atoms in total. The zero-order valence-electron chi connectivity index (χ0n) is 12.8. The number of hydrogen-bond acceptors (Lipinski definition) is 2. The van der Waals surface area contributed by atoms with Crippen LogP contribution < -0.4 is 34.7 Å². The van der Waals surface area contributed by atoms with Gasteiger partial charge in [0.15, 0.2) is 0 Å². The fraction of sp³-hybridized carbons (Fsp3) is 0.562. The zero-order valence-corrected chi connectivity index (χ0v) is 16.4. The van der Waals surface area contributed by atoms with Gasteiger partial charge in [-0.15, -0.1) is 0 Å². The maximum absolute atomic E-state index is 10.6. The standard InChI is InChI=1S/C16H22BrNO2.Na/c17-15-8-3-2-7-14(15)13-18(10-4-1-5-11-18)12-6-9-16(19)20;/h2-3,7-8H,1,4-6,9-13H2;/q;+1. The number of aliphatic carboxylic acids is 1. The van der Waals surface area contributed by atoms with E-state index in [2.05, 4.69) is 34.1 Å². The van der Waals surface area contributed by atoms with Crippen molar-refractivity contribution in [3.05, 3.63) is 34.3 Å². The van der Waals surface area contributed by atoms with E-state index in [1.807, 2.05) is 6.07 Å². The number of nitrogens with zero attached hydrogens (tertiary/aromatic N) is 1. The first-order chi connectivity index (χ1) is 9.61. The second kappa shape index (κ2) is 9.31. The Hall–Kier alpha value is 0.130. The average Bonchev–Trinajstić information content (AvgIpc) is 2.42. The van der Waals surface area contributed by atoms with Crippen molar-refractivity contribution in [2.75, 3.05) is 19.6 Å². The second-order valence-electron chi connectivity index (χ2n) is 5.80. The van der Waals surface area contributed by atoms with Crippen molar-refractivity contribution in [3.63, 3.8) is 0 Å². The minimum atomic E-state index is -0.930.